The van der Waals surface area contributed by atoms with Crippen LogP contribution in [0.5, 0.6) is 0 Å². The molecule has 2 aromatic carbocycles. The van der Waals surface area contributed by atoms with Crippen molar-refractivity contribution >= 4 is 11.5 Å². The van der Waals surface area contributed by atoms with Crippen LogP contribution in [0.2, 0.25) is 0 Å². The van der Waals surface area contributed by atoms with Gasteiger partial charge < -0.3 is 10.2 Å². The van der Waals surface area contributed by atoms with Gasteiger partial charge in [-0.15, -0.1) is 0 Å². The van der Waals surface area contributed by atoms with E-state index in [1.54, 1.807) is 0 Å². The van der Waals surface area contributed by atoms with E-state index in [2.05, 4.69) is 5.32 Å². The SMILES string of the molecule is C[C@@H](c1cc(C(F)(F)F)cc(C(F)(F)F)c1)N(C)C(=O)C1=C(c2ccccc2)CNCC1. The Morgan fingerprint density at radius 3 is 2.06 bits per heavy atom. The predicted molar refractivity (Wildman–Crippen MR) is 108 cm³/mol. The lowest BCUT2D eigenvalue weighted by molar-refractivity contribution is -0.143. The Morgan fingerprint density at radius 1 is 0.969 bits per heavy atom. The number of carbonyl (C=O) groups excluding carboxylic acids is 1. The number of halogens is 6. The molecular weight excluding hydrogens is 434 g/mol. The van der Waals surface area contributed by atoms with E-state index in [4.69, 9.17) is 0 Å². The van der Waals surface area contributed by atoms with Gasteiger partial charge in [0.15, 0.2) is 0 Å². The lowest BCUT2D eigenvalue weighted by Crippen LogP contribution is -2.35. The van der Waals surface area contributed by atoms with Crippen molar-refractivity contribution in [2.75, 3.05) is 20.1 Å². The summed E-state index contributed by atoms with van der Waals surface area (Å²) in [6.07, 6.45) is -9.50. The van der Waals surface area contributed by atoms with Gasteiger partial charge in [0.1, 0.15) is 0 Å². The van der Waals surface area contributed by atoms with Crippen LogP contribution in [0.4, 0.5) is 26.3 Å². The van der Waals surface area contributed by atoms with Crippen molar-refractivity contribution in [3.8, 4) is 0 Å². The normalized spacial score (nSPS) is 16.1. The summed E-state index contributed by atoms with van der Waals surface area (Å²) < 4.78 is 79.4. The highest BCUT2D eigenvalue weighted by atomic mass is 19.4. The summed E-state index contributed by atoms with van der Waals surface area (Å²) in [6, 6.07) is 9.59. The molecular formula is C23H22F6N2O. The first-order chi connectivity index (χ1) is 14.9. The van der Waals surface area contributed by atoms with Crippen molar-refractivity contribution in [2.24, 2.45) is 0 Å². The number of hydrogen-bond donors (Lipinski definition) is 1. The highest BCUT2D eigenvalue weighted by Crippen LogP contribution is 2.38. The molecule has 0 unspecified atom stereocenters. The van der Waals surface area contributed by atoms with Gasteiger partial charge in [0, 0.05) is 19.2 Å². The number of hydrogen-bond acceptors (Lipinski definition) is 2. The first-order valence-electron chi connectivity index (χ1n) is 9.94. The van der Waals surface area contributed by atoms with Gasteiger partial charge in [0.25, 0.3) is 0 Å². The van der Waals surface area contributed by atoms with Crippen LogP contribution in [0.25, 0.3) is 5.57 Å². The van der Waals surface area contributed by atoms with Crippen molar-refractivity contribution in [2.45, 2.75) is 31.7 Å². The topological polar surface area (TPSA) is 32.3 Å². The summed E-state index contributed by atoms with van der Waals surface area (Å²) in [5.74, 6) is -0.427. The molecule has 0 bridgehead atoms. The molecule has 0 saturated heterocycles. The van der Waals surface area contributed by atoms with E-state index >= 15 is 0 Å². The van der Waals surface area contributed by atoms with Gasteiger partial charge in [-0.1, -0.05) is 30.3 Å². The van der Waals surface area contributed by atoms with Crippen LogP contribution in [0.3, 0.4) is 0 Å². The Labute approximate surface area is 181 Å². The highest BCUT2D eigenvalue weighted by Gasteiger charge is 2.38. The van der Waals surface area contributed by atoms with Crippen molar-refractivity contribution in [1.29, 1.82) is 0 Å². The number of rotatable bonds is 4. The molecule has 0 spiro atoms. The lowest BCUT2D eigenvalue weighted by atomic mass is 9.93. The van der Waals surface area contributed by atoms with E-state index in [0.29, 0.717) is 37.2 Å². The molecule has 0 aliphatic carbocycles. The zero-order valence-corrected chi connectivity index (χ0v) is 17.4. The Kier molecular flexibility index (Phi) is 6.69. The maximum Gasteiger partial charge on any atom is 0.416 e. The molecule has 0 fully saturated rings. The van der Waals surface area contributed by atoms with Crippen LogP contribution in [0, 0.1) is 0 Å². The summed E-state index contributed by atoms with van der Waals surface area (Å²) in [5, 5.41) is 3.19. The molecule has 0 saturated carbocycles. The highest BCUT2D eigenvalue weighted by molar-refractivity contribution is 6.02. The molecule has 32 heavy (non-hydrogen) atoms. The number of carbonyl (C=O) groups is 1. The van der Waals surface area contributed by atoms with Gasteiger partial charge in [-0.3, -0.25) is 4.79 Å². The van der Waals surface area contributed by atoms with Gasteiger partial charge in [-0.2, -0.15) is 26.3 Å². The van der Waals surface area contributed by atoms with Gasteiger partial charge in [-0.25, -0.2) is 0 Å². The van der Waals surface area contributed by atoms with Crippen LogP contribution in [0.15, 0.2) is 54.1 Å². The van der Waals surface area contributed by atoms with Gasteiger partial charge >= 0.3 is 12.4 Å². The van der Waals surface area contributed by atoms with Crippen LogP contribution in [0.1, 0.15) is 41.6 Å². The summed E-state index contributed by atoms with van der Waals surface area (Å²) in [4.78, 5) is 14.4. The largest absolute Gasteiger partial charge is 0.416 e. The molecule has 1 atom stereocenters. The fourth-order valence-corrected chi connectivity index (χ4v) is 3.67. The third kappa shape index (κ3) is 5.15. The molecule has 0 radical (unpaired) electrons. The smallest absolute Gasteiger partial charge is 0.335 e. The molecule has 1 amide bonds. The van der Waals surface area contributed by atoms with Crippen molar-refractivity contribution < 1.29 is 31.1 Å². The zero-order chi connectivity index (χ0) is 23.7. The molecule has 1 aliphatic rings. The Hall–Kier alpha value is -2.81. The average molecular weight is 456 g/mol. The van der Waals surface area contributed by atoms with Crippen molar-refractivity contribution in [3.05, 3.63) is 76.4 Å². The minimum atomic E-state index is -4.95. The predicted octanol–water partition coefficient (Wildman–Crippen LogP) is 5.69. The fourth-order valence-electron chi connectivity index (χ4n) is 3.67. The number of nitrogens with zero attached hydrogens (tertiary/aromatic N) is 1. The maximum atomic E-state index is 13.3. The minimum Gasteiger partial charge on any atom is -0.335 e. The summed E-state index contributed by atoms with van der Waals surface area (Å²) in [6.45, 7) is 2.40. The minimum absolute atomic E-state index is 0.0842. The van der Waals surface area contributed by atoms with E-state index in [1.165, 1.54) is 18.9 Å². The Bertz CT molecular complexity index is 979. The van der Waals surface area contributed by atoms with E-state index in [0.717, 1.165) is 11.1 Å². The second-order valence-corrected chi connectivity index (χ2v) is 7.68. The monoisotopic (exact) mass is 456 g/mol. The second-order valence-electron chi connectivity index (χ2n) is 7.68. The summed E-state index contributed by atoms with van der Waals surface area (Å²) in [7, 11) is 1.39. The first kappa shape index (κ1) is 23.8. The number of alkyl halides is 6. The van der Waals surface area contributed by atoms with E-state index < -0.39 is 35.4 Å². The number of nitrogens with one attached hydrogen (secondary N) is 1. The standard InChI is InChI=1S/C23H22F6N2O/c1-14(16-10-17(22(24,25)26)12-18(11-16)23(27,28)29)31(2)21(32)19-8-9-30-13-20(19)15-6-4-3-5-7-15/h3-7,10-12,14,30H,8-9,13H2,1-2H3/t14-/m0/s1. The molecule has 1 aliphatic heterocycles. The Morgan fingerprint density at radius 2 is 1.53 bits per heavy atom. The second kappa shape index (κ2) is 8.97. The van der Waals surface area contributed by atoms with Crippen LogP contribution in [-0.4, -0.2) is 30.9 Å². The van der Waals surface area contributed by atoms with E-state index in [-0.39, 0.29) is 11.6 Å². The van der Waals surface area contributed by atoms with Crippen LogP contribution < -0.4 is 5.32 Å². The fraction of sp³-hybridized carbons (Fsp3) is 0.348. The van der Waals surface area contributed by atoms with E-state index in [1.807, 2.05) is 30.3 Å². The van der Waals surface area contributed by atoms with Crippen LogP contribution >= 0.6 is 0 Å². The quantitative estimate of drug-likeness (QED) is 0.600. The van der Waals surface area contributed by atoms with Gasteiger partial charge in [0.2, 0.25) is 5.91 Å². The third-order valence-electron chi connectivity index (χ3n) is 5.59. The number of likely N-dealkylation sites (N-methyl/N-ethyl adjacent to an activating group) is 1. The van der Waals surface area contributed by atoms with Gasteiger partial charge in [0.05, 0.1) is 17.2 Å². The Balaban J connectivity index is 1.99. The third-order valence-corrected chi connectivity index (χ3v) is 5.59. The summed E-state index contributed by atoms with van der Waals surface area (Å²) >= 11 is 0. The lowest BCUT2D eigenvalue weighted by Gasteiger charge is -2.30. The molecule has 3 nitrogen and oxygen atoms in total. The molecule has 172 valence electrons. The molecule has 3 rings (SSSR count). The first-order valence-corrected chi connectivity index (χ1v) is 9.94. The zero-order valence-electron chi connectivity index (χ0n) is 17.4. The molecule has 1 N–H and O–H groups in total. The van der Waals surface area contributed by atoms with E-state index in [9.17, 15) is 31.1 Å². The molecule has 2 aromatic rings. The van der Waals surface area contributed by atoms with Crippen molar-refractivity contribution in [3.63, 3.8) is 0 Å². The number of benzene rings is 2. The maximum absolute atomic E-state index is 13.3. The molecule has 1 heterocycles. The van der Waals surface area contributed by atoms with Gasteiger partial charge in [-0.05, 0) is 54.8 Å². The number of amides is 1. The van der Waals surface area contributed by atoms with Crippen molar-refractivity contribution in [1.82, 2.24) is 10.2 Å². The summed E-state index contributed by atoms with van der Waals surface area (Å²) in [5.41, 5.74) is -0.947. The molecule has 0 aromatic heterocycles. The molecule has 9 heteroatoms. The van der Waals surface area contributed by atoms with Crippen LogP contribution in [-0.2, 0) is 17.1 Å². The average Bonchev–Trinajstić information content (AvgIpc) is 2.76.